The topological polar surface area (TPSA) is 70.3 Å². The first-order chi connectivity index (χ1) is 6.00. The van der Waals surface area contributed by atoms with E-state index >= 15 is 0 Å². The standard InChI is InChI=1S/C9H13NO3/c1-8(2)9(6-10,3-4-13-8)7(12)5-11/h5,7,12H,3-4H2,1-2H3. The molecule has 0 bridgehead atoms. The molecule has 4 nitrogen and oxygen atoms in total. The molecule has 1 N–H and O–H groups in total. The minimum Gasteiger partial charge on any atom is -0.384 e. The predicted molar refractivity (Wildman–Crippen MR) is 44.8 cm³/mol. The quantitative estimate of drug-likeness (QED) is 0.623. The molecule has 1 heterocycles. The van der Waals surface area contributed by atoms with Crippen LogP contribution in [0.2, 0.25) is 0 Å². The van der Waals surface area contributed by atoms with E-state index in [-0.39, 0.29) is 0 Å². The average molecular weight is 183 g/mol. The molecule has 0 radical (unpaired) electrons. The number of aliphatic hydroxyl groups is 1. The van der Waals surface area contributed by atoms with Crippen molar-refractivity contribution >= 4 is 6.29 Å². The van der Waals surface area contributed by atoms with Gasteiger partial charge < -0.3 is 14.6 Å². The number of hydrogen-bond donors (Lipinski definition) is 1. The Hall–Kier alpha value is -0.920. The molecule has 1 aliphatic heterocycles. The van der Waals surface area contributed by atoms with Crippen LogP contribution in [0.25, 0.3) is 0 Å². The van der Waals surface area contributed by atoms with Gasteiger partial charge in [0.05, 0.1) is 11.7 Å². The number of hydrogen-bond acceptors (Lipinski definition) is 4. The first-order valence-corrected chi connectivity index (χ1v) is 4.19. The summed E-state index contributed by atoms with van der Waals surface area (Å²) in [5.74, 6) is 0. The number of ether oxygens (including phenoxy) is 1. The van der Waals surface area contributed by atoms with Gasteiger partial charge in [0.1, 0.15) is 17.8 Å². The first kappa shape index (κ1) is 10.2. The van der Waals surface area contributed by atoms with Crippen LogP contribution in [0.1, 0.15) is 20.3 Å². The van der Waals surface area contributed by atoms with Gasteiger partial charge in [0.25, 0.3) is 0 Å². The Morgan fingerprint density at radius 3 is 2.62 bits per heavy atom. The van der Waals surface area contributed by atoms with E-state index in [9.17, 15) is 9.90 Å². The van der Waals surface area contributed by atoms with Crippen molar-refractivity contribution in [3.8, 4) is 6.07 Å². The molecule has 13 heavy (non-hydrogen) atoms. The number of aldehydes is 1. The van der Waals surface area contributed by atoms with Crippen LogP contribution in [0, 0.1) is 16.7 Å². The molecule has 1 rings (SSSR count). The third-order valence-electron chi connectivity index (χ3n) is 2.87. The molecule has 2 atom stereocenters. The van der Waals surface area contributed by atoms with Crippen LogP contribution in [0.4, 0.5) is 0 Å². The summed E-state index contributed by atoms with van der Waals surface area (Å²) < 4.78 is 5.33. The highest BCUT2D eigenvalue weighted by atomic mass is 16.5. The second-order valence-electron chi connectivity index (χ2n) is 3.77. The van der Waals surface area contributed by atoms with Crippen LogP contribution in [0.15, 0.2) is 0 Å². The fourth-order valence-electron chi connectivity index (χ4n) is 1.77. The van der Waals surface area contributed by atoms with Crippen LogP contribution in [-0.4, -0.2) is 29.7 Å². The Morgan fingerprint density at radius 2 is 2.31 bits per heavy atom. The molecule has 1 aliphatic rings. The van der Waals surface area contributed by atoms with E-state index in [0.717, 1.165) is 0 Å². The molecular weight excluding hydrogens is 170 g/mol. The van der Waals surface area contributed by atoms with Gasteiger partial charge in [-0.25, -0.2) is 0 Å². The van der Waals surface area contributed by atoms with Crippen molar-refractivity contribution in [1.29, 1.82) is 5.26 Å². The van der Waals surface area contributed by atoms with Crippen LogP contribution < -0.4 is 0 Å². The molecule has 0 spiro atoms. The second-order valence-corrected chi connectivity index (χ2v) is 3.77. The molecule has 1 fully saturated rings. The third-order valence-corrected chi connectivity index (χ3v) is 2.87. The zero-order valence-corrected chi connectivity index (χ0v) is 7.78. The SMILES string of the molecule is CC1(C)OCCC1(C#N)C(O)C=O. The Kier molecular flexibility index (Phi) is 2.42. The van der Waals surface area contributed by atoms with Crippen molar-refractivity contribution in [2.75, 3.05) is 6.61 Å². The average Bonchev–Trinajstić information content (AvgIpc) is 2.40. The van der Waals surface area contributed by atoms with Crippen molar-refractivity contribution in [2.45, 2.75) is 32.0 Å². The first-order valence-electron chi connectivity index (χ1n) is 4.19. The molecule has 0 amide bonds. The van der Waals surface area contributed by atoms with Gasteiger partial charge in [-0.1, -0.05) is 0 Å². The molecule has 4 heteroatoms. The van der Waals surface area contributed by atoms with Gasteiger partial charge in [0.2, 0.25) is 0 Å². The fourth-order valence-corrected chi connectivity index (χ4v) is 1.77. The maximum atomic E-state index is 10.5. The van der Waals surface area contributed by atoms with Gasteiger partial charge in [-0.2, -0.15) is 5.26 Å². The lowest BCUT2D eigenvalue weighted by molar-refractivity contribution is -0.126. The molecular formula is C9H13NO3. The minimum absolute atomic E-state index is 0.399. The molecule has 0 saturated carbocycles. The summed E-state index contributed by atoms with van der Waals surface area (Å²) in [6.45, 7) is 3.84. The monoisotopic (exact) mass is 183 g/mol. The van der Waals surface area contributed by atoms with E-state index in [0.29, 0.717) is 19.3 Å². The van der Waals surface area contributed by atoms with E-state index in [1.807, 2.05) is 6.07 Å². The lowest BCUT2D eigenvalue weighted by Gasteiger charge is -2.35. The molecule has 2 unspecified atom stereocenters. The van der Waals surface area contributed by atoms with Crippen LogP contribution in [-0.2, 0) is 9.53 Å². The smallest absolute Gasteiger partial charge is 0.150 e. The van der Waals surface area contributed by atoms with E-state index in [4.69, 9.17) is 10.00 Å². The molecule has 0 aromatic heterocycles. The Morgan fingerprint density at radius 1 is 1.69 bits per heavy atom. The third kappa shape index (κ3) is 1.25. The van der Waals surface area contributed by atoms with Gasteiger partial charge in [-0.3, -0.25) is 0 Å². The number of aliphatic hydroxyl groups excluding tert-OH is 1. The second kappa shape index (κ2) is 3.09. The highest BCUT2D eigenvalue weighted by Crippen LogP contribution is 2.45. The largest absolute Gasteiger partial charge is 0.384 e. The van der Waals surface area contributed by atoms with Crippen LogP contribution >= 0.6 is 0 Å². The van der Waals surface area contributed by atoms with Gasteiger partial charge in [0.15, 0.2) is 0 Å². The normalized spacial score (nSPS) is 33.7. The summed E-state index contributed by atoms with van der Waals surface area (Å²) in [6.07, 6.45) is -0.467. The van der Waals surface area contributed by atoms with E-state index in [1.165, 1.54) is 0 Å². The van der Waals surface area contributed by atoms with Gasteiger partial charge in [-0.15, -0.1) is 0 Å². The Labute approximate surface area is 77.1 Å². The highest BCUT2D eigenvalue weighted by molar-refractivity contribution is 5.59. The lowest BCUT2D eigenvalue weighted by atomic mass is 9.71. The molecule has 0 aliphatic carbocycles. The summed E-state index contributed by atoms with van der Waals surface area (Å²) >= 11 is 0. The molecule has 0 aromatic carbocycles. The maximum Gasteiger partial charge on any atom is 0.150 e. The fraction of sp³-hybridized carbons (Fsp3) is 0.778. The number of carbonyl (C=O) groups is 1. The Balaban J connectivity index is 3.07. The summed E-state index contributed by atoms with van der Waals surface area (Å²) in [5.41, 5.74) is -1.85. The van der Waals surface area contributed by atoms with E-state index < -0.39 is 17.1 Å². The number of carbonyl (C=O) groups excluding carboxylic acids is 1. The van der Waals surface area contributed by atoms with Crippen molar-refractivity contribution in [3.05, 3.63) is 0 Å². The zero-order valence-electron chi connectivity index (χ0n) is 7.78. The van der Waals surface area contributed by atoms with Crippen molar-refractivity contribution in [2.24, 2.45) is 5.41 Å². The number of rotatable bonds is 2. The van der Waals surface area contributed by atoms with E-state index in [2.05, 4.69) is 0 Å². The lowest BCUT2D eigenvalue weighted by Crippen LogP contribution is -2.48. The summed E-state index contributed by atoms with van der Waals surface area (Å²) in [6, 6.07) is 2.01. The maximum absolute atomic E-state index is 10.5. The minimum atomic E-state index is -1.27. The van der Waals surface area contributed by atoms with Crippen molar-refractivity contribution in [3.63, 3.8) is 0 Å². The summed E-state index contributed by atoms with van der Waals surface area (Å²) in [5, 5.41) is 18.5. The number of nitrogens with zero attached hydrogens (tertiary/aromatic N) is 1. The molecule has 72 valence electrons. The summed E-state index contributed by atoms with van der Waals surface area (Å²) in [4.78, 5) is 10.5. The zero-order chi connectivity index (χ0) is 10.1. The van der Waals surface area contributed by atoms with Gasteiger partial charge in [0, 0.05) is 6.61 Å². The molecule has 0 aromatic rings. The highest BCUT2D eigenvalue weighted by Gasteiger charge is 2.55. The Bertz CT molecular complexity index is 256. The predicted octanol–water partition coefficient (Wildman–Crippen LogP) is 0.255. The van der Waals surface area contributed by atoms with Crippen LogP contribution in [0.5, 0.6) is 0 Å². The van der Waals surface area contributed by atoms with Crippen LogP contribution in [0.3, 0.4) is 0 Å². The number of nitriles is 1. The van der Waals surface area contributed by atoms with Crippen molar-refractivity contribution < 1.29 is 14.6 Å². The summed E-state index contributed by atoms with van der Waals surface area (Å²) in [7, 11) is 0. The van der Waals surface area contributed by atoms with Crippen molar-refractivity contribution in [1.82, 2.24) is 0 Å². The van der Waals surface area contributed by atoms with Gasteiger partial charge in [-0.05, 0) is 20.3 Å². The molecule has 1 saturated heterocycles. The van der Waals surface area contributed by atoms with E-state index in [1.54, 1.807) is 13.8 Å². The van der Waals surface area contributed by atoms with Gasteiger partial charge >= 0.3 is 0 Å².